The van der Waals surface area contributed by atoms with Crippen molar-refractivity contribution in [2.75, 3.05) is 11.9 Å². The van der Waals surface area contributed by atoms with Crippen molar-refractivity contribution >= 4 is 11.6 Å². The number of anilines is 1. The smallest absolute Gasteiger partial charge is 0.235 e. The zero-order valence-corrected chi connectivity index (χ0v) is 13.8. The molecule has 0 radical (unpaired) electrons. The lowest BCUT2D eigenvalue weighted by Gasteiger charge is -2.16. The molecule has 1 N–H and O–H groups in total. The van der Waals surface area contributed by atoms with Gasteiger partial charge in [0.1, 0.15) is 11.6 Å². The average molecular weight is 327 g/mol. The molecule has 1 amide bonds. The molecule has 24 heavy (non-hydrogen) atoms. The fourth-order valence-corrected chi connectivity index (χ4v) is 2.76. The molecule has 0 aromatic heterocycles. The Kier molecular flexibility index (Phi) is 4.84. The van der Waals surface area contributed by atoms with Crippen molar-refractivity contribution in [3.05, 3.63) is 59.9 Å². The molecule has 0 atom stereocenters. The number of ether oxygens (including phenoxy) is 1. The highest BCUT2D eigenvalue weighted by Crippen LogP contribution is 2.49. The van der Waals surface area contributed by atoms with Crippen LogP contribution in [0.5, 0.6) is 5.75 Å². The van der Waals surface area contributed by atoms with Crippen LogP contribution in [-0.4, -0.2) is 12.5 Å². The number of carbonyl (C=O) groups excluding carboxylic acids is 1. The number of hydrogen-bond acceptors (Lipinski definition) is 2. The first-order valence-electron chi connectivity index (χ1n) is 8.44. The zero-order chi connectivity index (χ0) is 17.0. The van der Waals surface area contributed by atoms with Crippen LogP contribution in [0, 0.1) is 5.82 Å². The predicted octanol–water partition coefficient (Wildman–Crippen LogP) is 4.67. The standard InChI is InChI=1S/C20H22FNO2/c1-2-3-14-24-18-10-8-17(9-11-18)22-19(23)20(12-13-20)15-4-6-16(21)7-5-15/h4-11H,2-3,12-14H2,1H3,(H,22,23). The molecule has 1 aliphatic rings. The van der Waals surface area contributed by atoms with E-state index in [4.69, 9.17) is 4.74 Å². The van der Waals surface area contributed by atoms with Gasteiger partial charge in [-0.15, -0.1) is 0 Å². The van der Waals surface area contributed by atoms with Crippen molar-refractivity contribution in [3.63, 3.8) is 0 Å². The summed E-state index contributed by atoms with van der Waals surface area (Å²) in [6, 6.07) is 13.6. The van der Waals surface area contributed by atoms with E-state index in [1.165, 1.54) is 12.1 Å². The van der Waals surface area contributed by atoms with Crippen LogP contribution in [0.2, 0.25) is 0 Å². The lowest BCUT2D eigenvalue weighted by atomic mass is 9.95. The molecule has 0 bridgehead atoms. The topological polar surface area (TPSA) is 38.3 Å². The van der Waals surface area contributed by atoms with Crippen molar-refractivity contribution in [2.45, 2.75) is 38.0 Å². The van der Waals surface area contributed by atoms with Gasteiger partial charge in [0, 0.05) is 5.69 Å². The molecule has 1 saturated carbocycles. The summed E-state index contributed by atoms with van der Waals surface area (Å²) in [5.74, 6) is 0.489. The van der Waals surface area contributed by atoms with Gasteiger partial charge in [0.25, 0.3) is 0 Å². The number of hydrogen-bond donors (Lipinski definition) is 1. The van der Waals surface area contributed by atoms with Crippen molar-refractivity contribution < 1.29 is 13.9 Å². The highest BCUT2D eigenvalue weighted by atomic mass is 19.1. The molecule has 2 aromatic rings. The van der Waals surface area contributed by atoms with Gasteiger partial charge in [-0.25, -0.2) is 4.39 Å². The van der Waals surface area contributed by atoms with Crippen molar-refractivity contribution in [2.24, 2.45) is 0 Å². The Morgan fingerprint density at radius 1 is 1.12 bits per heavy atom. The summed E-state index contributed by atoms with van der Waals surface area (Å²) in [5, 5.41) is 2.96. The van der Waals surface area contributed by atoms with Crippen LogP contribution in [0.25, 0.3) is 0 Å². The summed E-state index contributed by atoms with van der Waals surface area (Å²) in [4.78, 5) is 12.6. The van der Waals surface area contributed by atoms with E-state index in [-0.39, 0.29) is 11.7 Å². The molecule has 0 saturated heterocycles. The Hall–Kier alpha value is -2.36. The van der Waals surface area contributed by atoms with E-state index in [1.54, 1.807) is 12.1 Å². The highest BCUT2D eigenvalue weighted by molar-refractivity contribution is 6.01. The maximum absolute atomic E-state index is 13.1. The number of amides is 1. The van der Waals surface area contributed by atoms with E-state index in [0.717, 1.165) is 42.7 Å². The third-order valence-electron chi connectivity index (χ3n) is 4.46. The lowest BCUT2D eigenvalue weighted by molar-refractivity contribution is -0.118. The second-order valence-corrected chi connectivity index (χ2v) is 6.27. The Labute approximate surface area is 141 Å². The summed E-state index contributed by atoms with van der Waals surface area (Å²) in [6.07, 6.45) is 3.71. The summed E-state index contributed by atoms with van der Waals surface area (Å²) >= 11 is 0. The van der Waals surface area contributed by atoms with E-state index in [1.807, 2.05) is 24.3 Å². The summed E-state index contributed by atoms with van der Waals surface area (Å²) < 4.78 is 18.7. The van der Waals surface area contributed by atoms with Gasteiger partial charge in [0.05, 0.1) is 12.0 Å². The number of rotatable bonds is 7. The number of halogens is 1. The largest absolute Gasteiger partial charge is 0.494 e. The second kappa shape index (κ2) is 7.04. The highest BCUT2D eigenvalue weighted by Gasteiger charge is 2.51. The molecule has 2 aromatic carbocycles. The molecular formula is C20H22FNO2. The SMILES string of the molecule is CCCCOc1ccc(NC(=O)C2(c3ccc(F)cc3)CC2)cc1. The molecule has 1 fully saturated rings. The van der Waals surface area contributed by atoms with Gasteiger partial charge in [-0.2, -0.15) is 0 Å². The normalized spacial score (nSPS) is 14.9. The van der Waals surface area contributed by atoms with Gasteiger partial charge in [0.15, 0.2) is 0 Å². The quantitative estimate of drug-likeness (QED) is 0.750. The molecule has 1 aliphatic carbocycles. The third-order valence-corrected chi connectivity index (χ3v) is 4.46. The first-order valence-corrected chi connectivity index (χ1v) is 8.44. The maximum atomic E-state index is 13.1. The van der Waals surface area contributed by atoms with Crippen molar-refractivity contribution in [1.82, 2.24) is 0 Å². The van der Waals surface area contributed by atoms with Crippen LogP contribution in [0.15, 0.2) is 48.5 Å². The summed E-state index contributed by atoms with van der Waals surface area (Å²) in [7, 11) is 0. The number of benzene rings is 2. The van der Waals surface area contributed by atoms with E-state index in [0.29, 0.717) is 6.61 Å². The molecule has 4 heteroatoms. The number of nitrogens with one attached hydrogen (secondary N) is 1. The van der Waals surface area contributed by atoms with Crippen LogP contribution >= 0.6 is 0 Å². The molecule has 0 heterocycles. The Morgan fingerprint density at radius 2 is 1.79 bits per heavy atom. The molecule has 0 spiro atoms. The fourth-order valence-electron chi connectivity index (χ4n) is 2.76. The Morgan fingerprint density at radius 3 is 2.38 bits per heavy atom. The Balaban J connectivity index is 1.63. The summed E-state index contributed by atoms with van der Waals surface area (Å²) in [5.41, 5.74) is 1.11. The first-order chi connectivity index (χ1) is 11.6. The van der Waals surface area contributed by atoms with Crippen LogP contribution in [0.3, 0.4) is 0 Å². The molecule has 3 nitrogen and oxygen atoms in total. The molecule has 3 rings (SSSR count). The first kappa shape index (κ1) is 16.5. The van der Waals surface area contributed by atoms with Crippen molar-refractivity contribution in [3.8, 4) is 5.75 Å². The monoisotopic (exact) mass is 327 g/mol. The summed E-state index contributed by atoms with van der Waals surface area (Å²) in [6.45, 7) is 2.83. The van der Waals surface area contributed by atoms with Gasteiger partial charge >= 0.3 is 0 Å². The third kappa shape index (κ3) is 3.58. The van der Waals surface area contributed by atoms with Crippen LogP contribution in [0.1, 0.15) is 38.2 Å². The van der Waals surface area contributed by atoms with Gasteiger partial charge in [-0.05, 0) is 61.2 Å². The number of unbranched alkanes of at least 4 members (excludes halogenated alkanes) is 1. The van der Waals surface area contributed by atoms with E-state index in [9.17, 15) is 9.18 Å². The van der Waals surface area contributed by atoms with Crippen molar-refractivity contribution in [1.29, 1.82) is 0 Å². The van der Waals surface area contributed by atoms with Gasteiger partial charge < -0.3 is 10.1 Å². The van der Waals surface area contributed by atoms with Crippen LogP contribution in [-0.2, 0) is 10.2 Å². The van der Waals surface area contributed by atoms with Crippen LogP contribution in [0.4, 0.5) is 10.1 Å². The fraction of sp³-hybridized carbons (Fsp3) is 0.350. The van der Waals surface area contributed by atoms with Gasteiger partial charge in [-0.3, -0.25) is 4.79 Å². The van der Waals surface area contributed by atoms with Crippen LogP contribution < -0.4 is 10.1 Å². The maximum Gasteiger partial charge on any atom is 0.235 e. The molecule has 0 aliphatic heterocycles. The molecule has 0 unspecified atom stereocenters. The molecule has 126 valence electrons. The second-order valence-electron chi connectivity index (χ2n) is 6.27. The van der Waals surface area contributed by atoms with Gasteiger partial charge in [-0.1, -0.05) is 25.5 Å². The predicted molar refractivity (Wildman–Crippen MR) is 92.8 cm³/mol. The lowest BCUT2D eigenvalue weighted by Crippen LogP contribution is -2.27. The van der Waals surface area contributed by atoms with E-state index >= 15 is 0 Å². The minimum atomic E-state index is -0.510. The van der Waals surface area contributed by atoms with E-state index in [2.05, 4.69) is 12.2 Å². The minimum Gasteiger partial charge on any atom is -0.494 e. The minimum absolute atomic E-state index is 0.0336. The zero-order valence-electron chi connectivity index (χ0n) is 13.8. The number of carbonyl (C=O) groups is 1. The molecular weight excluding hydrogens is 305 g/mol. The average Bonchev–Trinajstić information content (AvgIpc) is 3.39. The van der Waals surface area contributed by atoms with E-state index < -0.39 is 5.41 Å². The van der Waals surface area contributed by atoms with Gasteiger partial charge in [0.2, 0.25) is 5.91 Å². The Bertz CT molecular complexity index is 691.